The number of nitrogens with zero attached hydrogens (tertiary/aromatic N) is 2. The zero-order valence-corrected chi connectivity index (χ0v) is 13.7. The fourth-order valence-corrected chi connectivity index (χ4v) is 3.10. The summed E-state index contributed by atoms with van der Waals surface area (Å²) in [5.41, 5.74) is -0.272. The van der Waals surface area contributed by atoms with Crippen LogP contribution in [0.4, 0.5) is 0 Å². The second kappa shape index (κ2) is 7.14. The van der Waals surface area contributed by atoms with Gasteiger partial charge in [-0.3, -0.25) is 9.79 Å². The average molecular weight is 294 g/mol. The van der Waals surface area contributed by atoms with Crippen LogP contribution in [0.3, 0.4) is 0 Å². The Labute approximate surface area is 128 Å². The van der Waals surface area contributed by atoms with Gasteiger partial charge in [-0.05, 0) is 38.5 Å². The minimum atomic E-state index is -0.272. The number of hydrogen-bond donors (Lipinski definition) is 2. The summed E-state index contributed by atoms with van der Waals surface area (Å²) in [5, 5.41) is 6.69. The van der Waals surface area contributed by atoms with E-state index in [4.69, 9.17) is 4.99 Å². The molecule has 0 radical (unpaired) electrons. The van der Waals surface area contributed by atoms with Crippen molar-refractivity contribution in [2.75, 3.05) is 33.7 Å². The van der Waals surface area contributed by atoms with Crippen molar-refractivity contribution in [3.8, 4) is 0 Å². The maximum Gasteiger partial charge on any atom is 0.230 e. The van der Waals surface area contributed by atoms with Crippen molar-refractivity contribution >= 4 is 11.9 Å². The highest BCUT2D eigenvalue weighted by Crippen LogP contribution is 2.39. The molecule has 120 valence electrons. The maximum atomic E-state index is 12.5. The van der Waals surface area contributed by atoms with Gasteiger partial charge in [0.15, 0.2) is 5.96 Å². The molecular formula is C16H30N4O. The first-order valence-corrected chi connectivity index (χ1v) is 8.31. The molecule has 0 unspecified atom stereocenters. The van der Waals surface area contributed by atoms with Gasteiger partial charge >= 0.3 is 0 Å². The second-order valence-corrected chi connectivity index (χ2v) is 6.71. The highest BCUT2D eigenvalue weighted by atomic mass is 16.2. The number of amides is 1. The van der Waals surface area contributed by atoms with Gasteiger partial charge in [0.1, 0.15) is 0 Å². The number of nitrogens with one attached hydrogen (secondary N) is 2. The fraction of sp³-hybridized carbons (Fsp3) is 0.875. The molecule has 0 aliphatic heterocycles. The summed E-state index contributed by atoms with van der Waals surface area (Å²) >= 11 is 0. The Kier molecular flexibility index (Phi) is 5.48. The molecule has 5 heteroatoms. The van der Waals surface area contributed by atoms with E-state index in [-0.39, 0.29) is 11.3 Å². The summed E-state index contributed by atoms with van der Waals surface area (Å²) in [6, 6.07) is 0. The molecule has 0 bridgehead atoms. The van der Waals surface area contributed by atoms with Gasteiger partial charge in [0, 0.05) is 27.2 Å². The molecule has 1 amide bonds. The third-order valence-corrected chi connectivity index (χ3v) is 4.56. The smallest absolute Gasteiger partial charge is 0.230 e. The van der Waals surface area contributed by atoms with E-state index in [0.29, 0.717) is 6.54 Å². The number of guanidine groups is 1. The number of rotatable bonds is 6. The van der Waals surface area contributed by atoms with Gasteiger partial charge in [0.25, 0.3) is 0 Å². The Bertz CT molecular complexity index is 382. The highest BCUT2D eigenvalue weighted by Gasteiger charge is 2.42. The number of carbonyl (C=O) groups is 1. The van der Waals surface area contributed by atoms with Crippen molar-refractivity contribution in [3.05, 3.63) is 0 Å². The minimum Gasteiger partial charge on any atom is -0.357 e. The van der Waals surface area contributed by atoms with E-state index in [2.05, 4.69) is 17.6 Å². The van der Waals surface area contributed by atoms with Crippen molar-refractivity contribution in [1.82, 2.24) is 15.5 Å². The molecule has 2 fully saturated rings. The van der Waals surface area contributed by atoms with Gasteiger partial charge in [-0.25, -0.2) is 0 Å². The van der Waals surface area contributed by atoms with Crippen molar-refractivity contribution in [2.24, 2.45) is 16.3 Å². The predicted molar refractivity (Wildman–Crippen MR) is 86.3 cm³/mol. The van der Waals surface area contributed by atoms with E-state index in [1.807, 2.05) is 14.1 Å². The molecule has 2 rings (SSSR count). The molecule has 21 heavy (non-hydrogen) atoms. The molecule has 0 spiro atoms. The summed E-state index contributed by atoms with van der Waals surface area (Å²) in [7, 11) is 3.70. The van der Waals surface area contributed by atoms with E-state index < -0.39 is 0 Å². The lowest BCUT2D eigenvalue weighted by molar-refractivity contribution is -0.138. The largest absolute Gasteiger partial charge is 0.357 e. The van der Waals surface area contributed by atoms with Gasteiger partial charge < -0.3 is 15.5 Å². The molecule has 0 aromatic carbocycles. The summed E-state index contributed by atoms with van der Waals surface area (Å²) in [6.45, 7) is 4.53. The summed E-state index contributed by atoms with van der Waals surface area (Å²) in [5.74, 6) is 1.92. The number of carbonyl (C=O) groups excluding carboxylic acids is 1. The molecular weight excluding hydrogens is 264 g/mol. The summed E-state index contributed by atoms with van der Waals surface area (Å²) < 4.78 is 0. The highest BCUT2D eigenvalue weighted by molar-refractivity contribution is 5.84. The molecule has 2 N–H and O–H groups in total. The third kappa shape index (κ3) is 4.35. The van der Waals surface area contributed by atoms with Gasteiger partial charge in [0.2, 0.25) is 5.91 Å². The first-order valence-electron chi connectivity index (χ1n) is 8.31. The number of hydrogen-bond acceptors (Lipinski definition) is 2. The lowest BCUT2D eigenvalue weighted by atomic mass is 9.85. The molecule has 0 heterocycles. The number of aliphatic imine (C=N–C) groups is 1. The van der Waals surface area contributed by atoms with E-state index in [0.717, 1.165) is 50.7 Å². The SMILES string of the molecule is CCNC(=NCC1(C(=O)N(C)C)CCCC1)NCC1CC1. The molecule has 5 nitrogen and oxygen atoms in total. The van der Waals surface area contributed by atoms with Crippen LogP contribution in [0.15, 0.2) is 4.99 Å². The zero-order chi connectivity index (χ0) is 15.3. The maximum absolute atomic E-state index is 12.5. The third-order valence-electron chi connectivity index (χ3n) is 4.56. The fourth-order valence-electron chi connectivity index (χ4n) is 3.10. The molecule has 2 aliphatic rings. The molecule has 2 aliphatic carbocycles. The van der Waals surface area contributed by atoms with E-state index in [9.17, 15) is 4.79 Å². The molecule has 0 saturated heterocycles. The van der Waals surface area contributed by atoms with Gasteiger partial charge in [-0.2, -0.15) is 0 Å². The summed E-state index contributed by atoms with van der Waals surface area (Å²) in [4.78, 5) is 19.0. The quantitative estimate of drug-likeness (QED) is 0.578. The molecule has 0 atom stereocenters. The Morgan fingerprint density at radius 3 is 2.43 bits per heavy atom. The molecule has 0 aromatic heterocycles. The van der Waals surface area contributed by atoms with Crippen LogP contribution in [-0.2, 0) is 4.79 Å². The normalized spacial score (nSPS) is 21.2. The van der Waals surface area contributed by atoms with Crippen LogP contribution in [0.1, 0.15) is 45.4 Å². The van der Waals surface area contributed by atoms with Crippen molar-refractivity contribution in [1.29, 1.82) is 0 Å². The van der Waals surface area contributed by atoms with Crippen molar-refractivity contribution in [3.63, 3.8) is 0 Å². The Morgan fingerprint density at radius 2 is 1.90 bits per heavy atom. The van der Waals surface area contributed by atoms with Gasteiger partial charge in [0.05, 0.1) is 12.0 Å². The zero-order valence-electron chi connectivity index (χ0n) is 13.7. The van der Waals surface area contributed by atoms with Crippen LogP contribution in [0.2, 0.25) is 0 Å². The van der Waals surface area contributed by atoms with Crippen molar-refractivity contribution < 1.29 is 4.79 Å². The van der Waals surface area contributed by atoms with E-state index in [1.54, 1.807) is 4.90 Å². The Hall–Kier alpha value is -1.26. The van der Waals surface area contributed by atoms with Crippen LogP contribution in [0, 0.1) is 11.3 Å². The minimum absolute atomic E-state index is 0.238. The summed E-state index contributed by atoms with van der Waals surface area (Å²) in [6.07, 6.45) is 6.87. The van der Waals surface area contributed by atoms with Crippen LogP contribution < -0.4 is 10.6 Å². The first kappa shape index (κ1) is 16.1. The van der Waals surface area contributed by atoms with Gasteiger partial charge in [-0.15, -0.1) is 0 Å². The van der Waals surface area contributed by atoms with Crippen LogP contribution >= 0.6 is 0 Å². The lowest BCUT2D eigenvalue weighted by Gasteiger charge is -2.29. The van der Waals surface area contributed by atoms with Crippen molar-refractivity contribution in [2.45, 2.75) is 45.4 Å². The molecule has 2 saturated carbocycles. The first-order chi connectivity index (χ1) is 10.1. The monoisotopic (exact) mass is 294 g/mol. The van der Waals surface area contributed by atoms with Crippen LogP contribution in [0.25, 0.3) is 0 Å². The molecule has 0 aromatic rings. The lowest BCUT2D eigenvalue weighted by Crippen LogP contribution is -2.43. The van der Waals surface area contributed by atoms with Gasteiger partial charge in [-0.1, -0.05) is 12.8 Å². The predicted octanol–water partition coefficient (Wildman–Crippen LogP) is 1.60. The standard InChI is InChI=1S/C16H30N4O/c1-4-17-15(18-11-13-7-8-13)19-12-16(9-5-6-10-16)14(21)20(2)3/h13H,4-12H2,1-3H3,(H2,17,18,19). The van der Waals surface area contributed by atoms with Crippen LogP contribution in [0.5, 0.6) is 0 Å². The van der Waals surface area contributed by atoms with E-state index >= 15 is 0 Å². The van der Waals surface area contributed by atoms with E-state index in [1.165, 1.54) is 12.8 Å². The second-order valence-electron chi connectivity index (χ2n) is 6.71. The van der Waals surface area contributed by atoms with Crippen LogP contribution in [-0.4, -0.2) is 50.5 Å². The average Bonchev–Trinajstić information content (AvgIpc) is 3.17. The Morgan fingerprint density at radius 1 is 1.24 bits per heavy atom. The Balaban J connectivity index is 1.99. The topological polar surface area (TPSA) is 56.7 Å².